The van der Waals surface area contributed by atoms with E-state index in [0.29, 0.717) is 34.8 Å². The van der Waals surface area contributed by atoms with Gasteiger partial charge in [0.1, 0.15) is 11.6 Å². The third-order valence-electron chi connectivity index (χ3n) is 11.4. The van der Waals surface area contributed by atoms with E-state index < -0.39 is 24.5 Å². The quantitative estimate of drug-likeness (QED) is 0.222. The Morgan fingerprint density at radius 2 is 1.72 bits per heavy atom. The molecule has 1 N–H and O–H groups in total. The molecule has 4 aromatic rings. The molecule has 1 saturated carbocycles. The number of halogens is 1. The number of rotatable bonds is 5. The van der Waals surface area contributed by atoms with Crippen LogP contribution in [0.25, 0.3) is 22.2 Å². The van der Waals surface area contributed by atoms with E-state index in [-0.39, 0.29) is 5.82 Å². The average Bonchev–Trinajstić information content (AvgIpc) is 3.33. The molecule has 9 heteroatoms. The van der Waals surface area contributed by atoms with Gasteiger partial charge in [-0.05, 0) is 139 Å². The minimum absolute atomic E-state index is 0.333. The maximum atomic E-state index is 16.4. The fraction of sp³-hybridized carbons (Fsp3) is 0.500. The monoisotopic (exact) mass is 651 g/mol. The van der Waals surface area contributed by atoms with Crippen molar-refractivity contribution >= 4 is 40.5 Å². The summed E-state index contributed by atoms with van der Waals surface area (Å²) in [5, 5.41) is 4.77. The van der Waals surface area contributed by atoms with Crippen LogP contribution in [-0.2, 0) is 9.31 Å². The molecular weight excluding hydrogens is 608 g/mol. The fourth-order valence-electron chi connectivity index (χ4n) is 7.89. The summed E-state index contributed by atoms with van der Waals surface area (Å²) in [4.78, 5) is 7.90. The van der Waals surface area contributed by atoms with Gasteiger partial charge in [0, 0.05) is 22.0 Å². The van der Waals surface area contributed by atoms with Crippen LogP contribution >= 0.6 is 11.3 Å². The van der Waals surface area contributed by atoms with Gasteiger partial charge in [-0.2, -0.15) is 0 Å². The summed E-state index contributed by atoms with van der Waals surface area (Å²) in [6, 6.07) is 17.6. The summed E-state index contributed by atoms with van der Waals surface area (Å²) in [6.45, 7) is 9.16. The van der Waals surface area contributed by atoms with Crippen molar-refractivity contribution in [1.29, 1.82) is 0 Å². The number of hydrogen-bond acceptors (Lipinski definition) is 6. The summed E-state index contributed by atoms with van der Waals surface area (Å²) >= 11 is 1.82. The highest BCUT2D eigenvalue weighted by molar-refractivity contribution is 7.12. The van der Waals surface area contributed by atoms with Crippen molar-refractivity contribution in [2.24, 2.45) is 4.99 Å². The van der Waals surface area contributed by atoms with E-state index in [1.165, 1.54) is 48.3 Å². The van der Waals surface area contributed by atoms with Crippen LogP contribution in [-0.4, -0.2) is 47.2 Å². The Morgan fingerprint density at radius 1 is 0.915 bits per heavy atom. The first kappa shape index (κ1) is 30.1. The summed E-state index contributed by atoms with van der Waals surface area (Å²) in [5.41, 5.74) is 4.31. The van der Waals surface area contributed by atoms with Gasteiger partial charge >= 0.3 is 7.12 Å². The van der Waals surface area contributed by atoms with Crippen LogP contribution in [0.2, 0.25) is 0 Å². The molecule has 2 saturated heterocycles. The van der Waals surface area contributed by atoms with Gasteiger partial charge in [0.25, 0.3) is 0 Å². The maximum Gasteiger partial charge on any atom is 0.495 e. The van der Waals surface area contributed by atoms with Crippen molar-refractivity contribution < 1.29 is 18.4 Å². The molecule has 0 amide bonds. The standard InChI is InChI=1S/C38H43BFN3O3S/c1-37(2)38(3,4)46-39(45-37)25-20-26(40)35-31-19-24-18-23(27-8-5-6-9-29(42-27)28-10-7-17-41-28)13-14-30(24)43(31)36(44-32(35)21-25)34-16-15-33(47-34)22-11-12-22/h13-16,18-22,28-29,36,41H,5-12,17H2,1-4H3. The van der Waals surface area contributed by atoms with Crippen LogP contribution in [0.4, 0.5) is 4.39 Å². The first-order valence-corrected chi connectivity index (χ1v) is 18.4. The van der Waals surface area contributed by atoms with Crippen molar-refractivity contribution in [2.75, 3.05) is 6.54 Å². The Morgan fingerprint density at radius 3 is 2.49 bits per heavy atom. The van der Waals surface area contributed by atoms with Gasteiger partial charge < -0.3 is 19.4 Å². The molecule has 0 bridgehead atoms. The minimum Gasteiger partial charge on any atom is -0.464 e. The molecule has 0 radical (unpaired) electrons. The molecule has 3 fully saturated rings. The van der Waals surface area contributed by atoms with Crippen molar-refractivity contribution in [3.05, 3.63) is 69.7 Å². The number of aromatic nitrogens is 1. The second-order valence-corrected chi connectivity index (χ2v) is 16.4. The number of benzene rings is 2. The number of aliphatic imine (C=N–C) groups is 1. The number of hydrogen-bond donors (Lipinski definition) is 1. The largest absolute Gasteiger partial charge is 0.495 e. The molecule has 1 aliphatic carbocycles. The fourth-order valence-corrected chi connectivity index (χ4v) is 9.09. The molecular formula is C38H43BFN3O3S. The van der Waals surface area contributed by atoms with Crippen molar-refractivity contribution in [1.82, 2.24) is 9.88 Å². The van der Waals surface area contributed by atoms with E-state index in [1.54, 1.807) is 6.07 Å². The van der Waals surface area contributed by atoms with Gasteiger partial charge in [0.2, 0.25) is 6.23 Å². The van der Waals surface area contributed by atoms with Crippen LogP contribution < -0.4 is 15.5 Å². The van der Waals surface area contributed by atoms with Crippen LogP contribution in [0.15, 0.2) is 53.5 Å². The average molecular weight is 652 g/mol. The highest BCUT2D eigenvalue weighted by atomic mass is 32.1. The first-order valence-electron chi connectivity index (χ1n) is 17.6. The summed E-state index contributed by atoms with van der Waals surface area (Å²) in [5.74, 6) is 0.848. The van der Waals surface area contributed by atoms with Gasteiger partial charge in [-0.3, -0.25) is 9.56 Å². The predicted molar refractivity (Wildman–Crippen MR) is 188 cm³/mol. The third-order valence-corrected chi connectivity index (χ3v) is 12.7. The number of nitrogens with one attached hydrogen (secondary N) is 1. The molecule has 2 aromatic carbocycles. The summed E-state index contributed by atoms with van der Waals surface area (Å²) in [6.07, 6.45) is 9.06. The molecule has 4 aliphatic heterocycles. The Bertz CT molecular complexity index is 1890. The molecule has 3 unspecified atom stereocenters. The second-order valence-electron chi connectivity index (χ2n) is 15.2. The van der Waals surface area contributed by atoms with Crippen LogP contribution in [0.5, 0.6) is 5.75 Å². The van der Waals surface area contributed by atoms with Gasteiger partial charge in [-0.15, -0.1) is 11.3 Å². The number of fused-ring (bicyclic) bond motifs is 5. The van der Waals surface area contributed by atoms with Crippen LogP contribution in [0.1, 0.15) is 107 Å². The molecule has 47 heavy (non-hydrogen) atoms. The lowest BCUT2D eigenvalue weighted by Gasteiger charge is -2.32. The first-order chi connectivity index (χ1) is 22.6. The van der Waals surface area contributed by atoms with E-state index in [4.69, 9.17) is 19.0 Å². The van der Waals surface area contributed by atoms with E-state index in [1.807, 2.05) is 45.1 Å². The summed E-state index contributed by atoms with van der Waals surface area (Å²) < 4.78 is 38.1. The molecule has 9 rings (SSSR count). The van der Waals surface area contributed by atoms with E-state index in [9.17, 15) is 0 Å². The molecule has 2 aromatic heterocycles. The Balaban J connectivity index is 1.15. The number of nitrogens with zero attached hydrogens (tertiary/aromatic N) is 2. The predicted octanol–water partition coefficient (Wildman–Crippen LogP) is 8.11. The topological polar surface area (TPSA) is 57.0 Å². The molecule has 244 valence electrons. The Hall–Kier alpha value is -2.98. The van der Waals surface area contributed by atoms with Crippen molar-refractivity contribution in [3.63, 3.8) is 0 Å². The number of thiophene rings is 1. The highest BCUT2D eigenvalue weighted by Crippen LogP contribution is 2.49. The normalized spacial score (nSPS) is 26.5. The third kappa shape index (κ3) is 5.11. The van der Waals surface area contributed by atoms with E-state index >= 15 is 4.39 Å². The maximum absolute atomic E-state index is 16.4. The zero-order valence-electron chi connectivity index (χ0n) is 27.8. The van der Waals surface area contributed by atoms with Gasteiger partial charge in [0.15, 0.2) is 0 Å². The van der Waals surface area contributed by atoms with E-state index in [0.717, 1.165) is 47.3 Å². The van der Waals surface area contributed by atoms with E-state index in [2.05, 4.69) is 46.3 Å². The lowest BCUT2D eigenvalue weighted by Crippen LogP contribution is -2.41. The van der Waals surface area contributed by atoms with Crippen molar-refractivity contribution in [2.45, 2.75) is 114 Å². The SMILES string of the molecule is CC1(C)OB(c2cc(F)c3c(c2)OC(c2ccc(C4CC4)s2)n2c-3cc3cc(C4=NC(C5CCCN5)CCCC4)ccc32)OC1(C)C. The van der Waals surface area contributed by atoms with Crippen molar-refractivity contribution in [3.8, 4) is 17.0 Å². The molecule has 0 spiro atoms. The van der Waals surface area contributed by atoms with Gasteiger partial charge in [-0.1, -0.05) is 12.5 Å². The van der Waals surface area contributed by atoms with Crippen LogP contribution in [0, 0.1) is 5.82 Å². The molecule has 5 aliphatic rings. The second kappa shape index (κ2) is 11.0. The van der Waals surface area contributed by atoms with Gasteiger partial charge in [-0.25, -0.2) is 4.39 Å². The Kier molecular flexibility index (Phi) is 7.06. The zero-order chi connectivity index (χ0) is 32.1. The molecule has 6 nitrogen and oxygen atoms in total. The zero-order valence-corrected chi connectivity index (χ0v) is 28.6. The Labute approximate surface area is 280 Å². The molecule has 3 atom stereocenters. The number of ether oxygens (including phenoxy) is 1. The summed E-state index contributed by atoms with van der Waals surface area (Å²) in [7, 11) is -0.677. The minimum atomic E-state index is -0.677. The van der Waals surface area contributed by atoms with Gasteiger partial charge in [0.05, 0.1) is 38.9 Å². The molecule has 6 heterocycles. The highest BCUT2D eigenvalue weighted by Gasteiger charge is 2.52. The lowest BCUT2D eigenvalue weighted by molar-refractivity contribution is 0.00578. The lowest BCUT2D eigenvalue weighted by atomic mass is 9.78. The smallest absolute Gasteiger partial charge is 0.464 e. The van der Waals surface area contributed by atoms with Crippen LogP contribution in [0.3, 0.4) is 0 Å².